The maximum absolute atomic E-state index is 12.2. The fraction of sp³-hybridized carbons (Fsp3) is 0.333. The first-order chi connectivity index (χ1) is 13.9. The summed E-state index contributed by atoms with van der Waals surface area (Å²) in [5.41, 5.74) is 11.4. The third-order valence-corrected chi connectivity index (χ3v) is 4.47. The molecule has 1 fully saturated rings. The number of carbonyl (C=O) groups is 3. The van der Waals surface area contributed by atoms with Gasteiger partial charge in [0.15, 0.2) is 11.5 Å². The highest BCUT2D eigenvalue weighted by atomic mass is 16.2. The third kappa shape index (κ3) is 4.57. The van der Waals surface area contributed by atoms with Crippen LogP contribution in [0.1, 0.15) is 40.7 Å². The predicted octanol–water partition coefficient (Wildman–Crippen LogP) is 0.236. The van der Waals surface area contributed by atoms with Crippen LogP contribution in [0.3, 0.4) is 0 Å². The third-order valence-electron chi connectivity index (χ3n) is 4.47. The Kier molecular flexibility index (Phi) is 5.86. The molecule has 3 heterocycles. The number of aromatic nitrogens is 3. The lowest BCUT2D eigenvalue weighted by molar-refractivity contribution is -0.118. The molecule has 1 aliphatic rings. The average Bonchev–Trinajstić information content (AvgIpc) is 2.65. The highest BCUT2D eigenvalue weighted by Gasteiger charge is 2.22. The Bertz CT molecular complexity index is 927. The normalized spacial score (nSPS) is 13.9. The molecular formula is C18H22N8O3. The van der Waals surface area contributed by atoms with Crippen LogP contribution in [0.4, 0.5) is 17.3 Å². The minimum atomic E-state index is -0.772. The molecule has 2 aromatic heterocycles. The molecule has 0 unspecified atom stereocenters. The van der Waals surface area contributed by atoms with Crippen molar-refractivity contribution >= 4 is 35.0 Å². The van der Waals surface area contributed by atoms with Gasteiger partial charge in [-0.25, -0.2) is 15.0 Å². The molecule has 11 nitrogen and oxygen atoms in total. The van der Waals surface area contributed by atoms with Crippen LogP contribution in [0.5, 0.6) is 0 Å². The maximum atomic E-state index is 12.2. The van der Waals surface area contributed by atoms with Crippen molar-refractivity contribution < 1.29 is 14.4 Å². The lowest BCUT2D eigenvalue weighted by Gasteiger charge is -2.30. The second-order valence-electron chi connectivity index (χ2n) is 6.53. The smallest absolute Gasteiger partial charge is 0.272 e. The van der Waals surface area contributed by atoms with E-state index in [-0.39, 0.29) is 23.2 Å². The van der Waals surface area contributed by atoms with Gasteiger partial charge in [0, 0.05) is 13.1 Å². The molecule has 1 atom stereocenters. The first-order valence-electron chi connectivity index (χ1n) is 9.14. The van der Waals surface area contributed by atoms with Crippen molar-refractivity contribution in [3.05, 3.63) is 35.9 Å². The number of nitrogens with one attached hydrogen (secondary N) is 2. The number of nitrogens with two attached hydrogens (primary N) is 2. The van der Waals surface area contributed by atoms with Gasteiger partial charge in [0.25, 0.3) is 11.8 Å². The van der Waals surface area contributed by atoms with Gasteiger partial charge in [-0.2, -0.15) is 0 Å². The second kappa shape index (κ2) is 8.50. The average molecular weight is 398 g/mol. The molecule has 1 aliphatic heterocycles. The summed E-state index contributed by atoms with van der Waals surface area (Å²) in [6.45, 7) is 3.27. The number of hydrogen-bond acceptors (Lipinski definition) is 8. The van der Waals surface area contributed by atoms with Gasteiger partial charge < -0.3 is 27.0 Å². The molecule has 152 valence electrons. The van der Waals surface area contributed by atoms with Crippen molar-refractivity contribution in [1.82, 2.24) is 19.9 Å². The molecule has 11 heteroatoms. The molecule has 29 heavy (non-hydrogen) atoms. The van der Waals surface area contributed by atoms with Crippen molar-refractivity contribution in [2.24, 2.45) is 11.5 Å². The number of nitrogens with zero attached hydrogens (tertiary/aromatic N) is 4. The van der Waals surface area contributed by atoms with Crippen LogP contribution in [0.25, 0.3) is 0 Å². The van der Waals surface area contributed by atoms with Crippen LogP contribution in [0.15, 0.2) is 24.5 Å². The van der Waals surface area contributed by atoms with Crippen LogP contribution in [0, 0.1) is 0 Å². The van der Waals surface area contributed by atoms with E-state index in [1.807, 2.05) is 0 Å². The fourth-order valence-electron chi connectivity index (χ4n) is 2.69. The zero-order valence-corrected chi connectivity index (χ0v) is 15.9. The number of rotatable bonds is 8. The van der Waals surface area contributed by atoms with E-state index < -0.39 is 17.9 Å². The largest absolute Gasteiger partial charge is 0.368 e. The number of amides is 3. The number of hydrogen-bond donors (Lipinski definition) is 4. The number of primary amides is 2. The lowest BCUT2D eigenvalue weighted by atomic mass is 10.2. The number of carbonyl (C=O) groups excluding carboxylic acids is 3. The molecule has 0 radical (unpaired) electrons. The highest BCUT2D eigenvalue weighted by Crippen LogP contribution is 2.20. The molecule has 0 aromatic carbocycles. The SMILES string of the molecule is CC[C@@H](Nc1cnc(C(N)=O)c(Nc2ccc(C(=O)N3CCC3)nc2)n1)C(N)=O. The Morgan fingerprint density at radius 2 is 1.93 bits per heavy atom. The molecule has 2 aromatic rings. The van der Waals surface area contributed by atoms with Crippen LogP contribution < -0.4 is 22.1 Å². The van der Waals surface area contributed by atoms with E-state index in [4.69, 9.17) is 11.5 Å². The Morgan fingerprint density at radius 3 is 2.45 bits per heavy atom. The number of pyridine rings is 1. The van der Waals surface area contributed by atoms with E-state index in [9.17, 15) is 14.4 Å². The molecule has 6 N–H and O–H groups in total. The minimum absolute atomic E-state index is 0.0802. The fourth-order valence-corrected chi connectivity index (χ4v) is 2.69. The van der Waals surface area contributed by atoms with E-state index >= 15 is 0 Å². The summed E-state index contributed by atoms with van der Waals surface area (Å²) in [5.74, 6) is -1.09. The predicted molar refractivity (Wildman–Crippen MR) is 105 cm³/mol. The van der Waals surface area contributed by atoms with E-state index in [0.29, 0.717) is 17.8 Å². The van der Waals surface area contributed by atoms with Gasteiger partial charge in [-0.05, 0) is 25.0 Å². The summed E-state index contributed by atoms with van der Waals surface area (Å²) in [6.07, 6.45) is 4.20. The summed E-state index contributed by atoms with van der Waals surface area (Å²) >= 11 is 0. The molecule has 0 aliphatic carbocycles. The Balaban J connectivity index is 1.80. The summed E-state index contributed by atoms with van der Waals surface area (Å²) in [7, 11) is 0. The summed E-state index contributed by atoms with van der Waals surface area (Å²) in [5, 5.41) is 5.78. The van der Waals surface area contributed by atoms with Crippen molar-refractivity contribution in [2.45, 2.75) is 25.8 Å². The molecule has 3 amide bonds. The first kappa shape index (κ1) is 20.0. The van der Waals surface area contributed by atoms with Gasteiger partial charge in [-0.3, -0.25) is 14.4 Å². The second-order valence-corrected chi connectivity index (χ2v) is 6.53. The lowest BCUT2D eigenvalue weighted by Crippen LogP contribution is -2.42. The molecule has 0 saturated carbocycles. The van der Waals surface area contributed by atoms with Crippen molar-refractivity contribution in [2.75, 3.05) is 23.7 Å². The molecular weight excluding hydrogens is 376 g/mol. The van der Waals surface area contributed by atoms with Gasteiger partial charge in [-0.15, -0.1) is 0 Å². The number of anilines is 3. The van der Waals surface area contributed by atoms with Crippen LogP contribution in [-0.4, -0.2) is 56.7 Å². The van der Waals surface area contributed by atoms with E-state index in [1.165, 1.54) is 12.4 Å². The Hall–Kier alpha value is -3.76. The Labute approximate surface area is 166 Å². The van der Waals surface area contributed by atoms with Crippen molar-refractivity contribution in [1.29, 1.82) is 0 Å². The number of likely N-dealkylation sites (tertiary alicyclic amines) is 1. The molecule has 0 bridgehead atoms. The van der Waals surface area contributed by atoms with E-state index in [2.05, 4.69) is 25.6 Å². The first-order valence-corrected chi connectivity index (χ1v) is 9.14. The summed E-state index contributed by atoms with van der Waals surface area (Å²) in [4.78, 5) is 49.5. The topological polar surface area (TPSA) is 169 Å². The maximum Gasteiger partial charge on any atom is 0.272 e. The summed E-state index contributed by atoms with van der Waals surface area (Å²) < 4.78 is 0. The zero-order chi connectivity index (χ0) is 21.0. The van der Waals surface area contributed by atoms with E-state index in [0.717, 1.165) is 19.5 Å². The molecule has 0 spiro atoms. The van der Waals surface area contributed by atoms with Crippen LogP contribution in [0.2, 0.25) is 0 Å². The van der Waals surface area contributed by atoms with Gasteiger partial charge in [0.05, 0.1) is 18.1 Å². The quantitative estimate of drug-likeness (QED) is 0.490. The van der Waals surface area contributed by atoms with Crippen molar-refractivity contribution in [3.8, 4) is 0 Å². The molecule has 1 saturated heterocycles. The van der Waals surface area contributed by atoms with Gasteiger partial charge in [0.1, 0.15) is 17.6 Å². The van der Waals surface area contributed by atoms with Gasteiger partial charge in [0.2, 0.25) is 5.91 Å². The highest BCUT2D eigenvalue weighted by molar-refractivity contribution is 5.96. The van der Waals surface area contributed by atoms with Gasteiger partial charge >= 0.3 is 0 Å². The van der Waals surface area contributed by atoms with E-state index in [1.54, 1.807) is 24.0 Å². The van der Waals surface area contributed by atoms with Crippen LogP contribution >= 0.6 is 0 Å². The van der Waals surface area contributed by atoms with Gasteiger partial charge in [-0.1, -0.05) is 6.92 Å². The van der Waals surface area contributed by atoms with Crippen molar-refractivity contribution in [3.63, 3.8) is 0 Å². The standard InChI is InChI=1S/C18H22N8O3/c1-2-11(15(19)27)24-13-9-22-14(16(20)28)17(25-13)23-10-4-5-12(21-8-10)18(29)26-6-3-7-26/h4-5,8-9,11H,2-3,6-7H2,1H3,(H2,19,27)(H2,20,28)(H2,23,24,25)/t11-/m1/s1. The summed E-state index contributed by atoms with van der Waals surface area (Å²) in [6, 6.07) is 2.60. The molecule has 3 rings (SSSR count). The Morgan fingerprint density at radius 1 is 1.17 bits per heavy atom. The minimum Gasteiger partial charge on any atom is -0.368 e. The zero-order valence-electron chi connectivity index (χ0n) is 15.9. The monoisotopic (exact) mass is 398 g/mol. The van der Waals surface area contributed by atoms with Crippen LogP contribution in [-0.2, 0) is 4.79 Å².